The Morgan fingerprint density at radius 1 is 0.931 bits per heavy atom. The molecule has 3 nitrogen and oxygen atoms in total. The van der Waals surface area contributed by atoms with E-state index in [1.165, 1.54) is 22.3 Å². The van der Waals surface area contributed by atoms with E-state index in [1.807, 2.05) is 6.07 Å². The molecule has 29 heavy (non-hydrogen) atoms. The van der Waals surface area contributed by atoms with Crippen molar-refractivity contribution < 1.29 is 15.3 Å². The molecule has 4 rings (SSSR count). The highest BCUT2D eigenvalue weighted by Crippen LogP contribution is 2.43. The fraction of sp³-hybridized carbons (Fsp3) is 0.520. The molecule has 0 spiro atoms. The monoisotopic (exact) mass is 414 g/mol. The van der Waals surface area contributed by atoms with Crippen LogP contribution in [0.25, 0.3) is 11.1 Å². The van der Waals surface area contributed by atoms with Gasteiger partial charge in [-0.2, -0.15) is 0 Å². The van der Waals surface area contributed by atoms with Crippen LogP contribution in [0.5, 0.6) is 0 Å². The molecule has 2 aromatic rings. The molecule has 0 bridgehead atoms. The third kappa shape index (κ3) is 4.11. The Balaban J connectivity index is 1.82. The third-order valence-corrected chi connectivity index (χ3v) is 7.58. The maximum atomic E-state index is 10.6. The van der Waals surface area contributed by atoms with Gasteiger partial charge >= 0.3 is 0 Å². The van der Waals surface area contributed by atoms with Crippen LogP contribution in [-0.4, -0.2) is 26.8 Å². The lowest BCUT2D eigenvalue weighted by Gasteiger charge is -2.23. The number of benzene rings is 2. The molecule has 0 radical (unpaired) electrons. The summed E-state index contributed by atoms with van der Waals surface area (Å²) in [6, 6.07) is 10.6. The van der Waals surface area contributed by atoms with Gasteiger partial charge in [-0.05, 0) is 102 Å². The number of aryl methyl sites for hydroxylation is 3. The minimum Gasteiger partial charge on any atom is -0.393 e. The molecule has 2 aliphatic carbocycles. The van der Waals surface area contributed by atoms with Crippen molar-refractivity contribution in [3.8, 4) is 11.1 Å². The maximum Gasteiger partial charge on any atom is 0.0684 e. The van der Waals surface area contributed by atoms with Crippen molar-refractivity contribution in [1.29, 1.82) is 0 Å². The molecular formula is C25H31ClO3. The van der Waals surface area contributed by atoms with Crippen LogP contribution in [0.2, 0.25) is 0 Å². The molecule has 2 aromatic carbocycles. The number of hydrogen-bond acceptors (Lipinski definition) is 3. The fourth-order valence-electron chi connectivity index (χ4n) is 5.44. The molecule has 156 valence electrons. The summed E-state index contributed by atoms with van der Waals surface area (Å²) < 4.78 is 0. The lowest BCUT2D eigenvalue weighted by atomic mass is 9.85. The van der Waals surface area contributed by atoms with E-state index in [1.54, 1.807) is 0 Å². The molecule has 0 saturated heterocycles. The van der Waals surface area contributed by atoms with Gasteiger partial charge in [0.1, 0.15) is 0 Å². The number of halogens is 1. The van der Waals surface area contributed by atoms with Gasteiger partial charge in [0.2, 0.25) is 0 Å². The molecule has 2 aliphatic rings. The minimum absolute atomic E-state index is 0.0316. The van der Waals surface area contributed by atoms with Crippen molar-refractivity contribution in [3.63, 3.8) is 0 Å². The fourth-order valence-corrected chi connectivity index (χ4v) is 5.94. The van der Waals surface area contributed by atoms with Crippen LogP contribution in [0.15, 0.2) is 30.3 Å². The average molecular weight is 415 g/mol. The van der Waals surface area contributed by atoms with Gasteiger partial charge in [-0.3, -0.25) is 0 Å². The van der Waals surface area contributed by atoms with E-state index < -0.39 is 0 Å². The second kappa shape index (κ2) is 8.77. The Morgan fingerprint density at radius 2 is 1.72 bits per heavy atom. The van der Waals surface area contributed by atoms with Gasteiger partial charge in [0.15, 0.2) is 0 Å². The second-order valence-electron chi connectivity index (χ2n) is 8.82. The number of fused-ring (bicyclic) bond motifs is 4. The van der Waals surface area contributed by atoms with Crippen LogP contribution < -0.4 is 0 Å². The predicted octanol–water partition coefficient (Wildman–Crippen LogP) is 4.52. The molecule has 0 aliphatic heterocycles. The largest absolute Gasteiger partial charge is 0.393 e. The molecule has 1 saturated carbocycles. The lowest BCUT2D eigenvalue weighted by Crippen LogP contribution is -2.21. The molecule has 1 fully saturated rings. The first-order chi connectivity index (χ1) is 14.0. The Bertz CT molecular complexity index is 879. The van der Waals surface area contributed by atoms with Crippen molar-refractivity contribution in [2.75, 3.05) is 0 Å². The Hall–Kier alpha value is -1.39. The Morgan fingerprint density at radius 3 is 2.48 bits per heavy atom. The minimum atomic E-state index is -0.301. The van der Waals surface area contributed by atoms with Crippen molar-refractivity contribution in [2.24, 2.45) is 11.8 Å². The van der Waals surface area contributed by atoms with Gasteiger partial charge < -0.3 is 15.3 Å². The molecule has 0 amide bonds. The van der Waals surface area contributed by atoms with Gasteiger partial charge in [0.05, 0.1) is 19.3 Å². The molecule has 4 heteroatoms. The number of alkyl halides is 1. The van der Waals surface area contributed by atoms with Gasteiger partial charge in [-0.15, -0.1) is 11.6 Å². The number of aliphatic hydroxyl groups excluding tert-OH is 3. The van der Waals surface area contributed by atoms with Gasteiger partial charge in [0, 0.05) is 5.38 Å². The zero-order valence-electron chi connectivity index (χ0n) is 17.1. The normalized spacial score (nSPS) is 26.9. The maximum absolute atomic E-state index is 10.6. The summed E-state index contributed by atoms with van der Waals surface area (Å²) in [6.45, 7) is 2.12. The van der Waals surface area contributed by atoms with Gasteiger partial charge in [-0.25, -0.2) is 0 Å². The van der Waals surface area contributed by atoms with Crippen molar-refractivity contribution in [1.82, 2.24) is 0 Å². The van der Waals surface area contributed by atoms with E-state index >= 15 is 0 Å². The summed E-state index contributed by atoms with van der Waals surface area (Å²) in [7, 11) is 0. The number of rotatable bonds is 2. The van der Waals surface area contributed by atoms with Crippen LogP contribution in [-0.2, 0) is 26.1 Å². The van der Waals surface area contributed by atoms with Crippen LogP contribution in [0.3, 0.4) is 0 Å². The molecule has 4 atom stereocenters. The molecular weight excluding hydrogens is 384 g/mol. The van der Waals surface area contributed by atoms with E-state index in [0.717, 1.165) is 48.8 Å². The van der Waals surface area contributed by atoms with E-state index in [4.69, 9.17) is 11.6 Å². The predicted molar refractivity (Wildman–Crippen MR) is 117 cm³/mol. The Kier molecular flexibility index (Phi) is 6.31. The number of aliphatic hydroxyl groups is 3. The highest BCUT2D eigenvalue weighted by atomic mass is 35.5. The molecule has 0 aromatic heterocycles. The summed E-state index contributed by atoms with van der Waals surface area (Å²) in [5, 5.41) is 30.1. The quantitative estimate of drug-likeness (QED) is 0.633. The summed E-state index contributed by atoms with van der Waals surface area (Å²) in [5.41, 5.74) is 7.89. The van der Waals surface area contributed by atoms with Gasteiger partial charge in [-0.1, -0.05) is 24.3 Å². The lowest BCUT2D eigenvalue weighted by molar-refractivity contribution is 0.108. The first-order valence-corrected chi connectivity index (χ1v) is 11.2. The highest BCUT2D eigenvalue weighted by Gasteiger charge is 2.40. The van der Waals surface area contributed by atoms with E-state index in [-0.39, 0.29) is 30.6 Å². The smallest absolute Gasteiger partial charge is 0.0684 e. The second-order valence-corrected chi connectivity index (χ2v) is 9.38. The van der Waals surface area contributed by atoms with Crippen molar-refractivity contribution >= 4 is 11.6 Å². The molecule has 0 heterocycles. The molecule has 3 N–H and O–H groups in total. The van der Waals surface area contributed by atoms with Gasteiger partial charge in [0.25, 0.3) is 0 Å². The van der Waals surface area contributed by atoms with Crippen molar-refractivity contribution in [3.05, 3.63) is 58.1 Å². The van der Waals surface area contributed by atoms with E-state index in [2.05, 4.69) is 31.2 Å². The summed E-state index contributed by atoms with van der Waals surface area (Å²) in [6.07, 6.45) is 5.17. The molecule has 4 unspecified atom stereocenters. The zero-order valence-corrected chi connectivity index (χ0v) is 17.8. The van der Waals surface area contributed by atoms with Crippen LogP contribution >= 0.6 is 11.6 Å². The van der Waals surface area contributed by atoms with E-state index in [0.29, 0.717) is 12.3 Å². The van der Waals surface area contributed by atoms with E-state index in [9.17, 15) is 15.3 Å². The standard InChI is InChI=1S/C25H31ClO3/c1-15-9-18-6-8-21-22(25(29)12-24(21)26)4-2-3-17-10-16(13-27)5-7-20(17)23(18)11-19(15)14-28/h5,7,9-11,21-22,24-25,27-29H,2-4,6,8,12-14H2,1H3. The zero-order chi connectivity index (χ0) is 20.5. The first kappa shape index (κ1) is 20.9. The summed E-state index contributed by atoms with van der Waals surface area (Å²) in [5.74, 6) is 0.605. The topological polar surface area (TPSA) is 60.7 Å². The van der Waals surface area contributed by atoms with Crippen molar-refractivity contribution in [2.45, 2.75) is 70.1 Å². The van der Waals surface area contributed by atoms with Crippen LogP contribution in [0.1, 0.15) is 53.5 Å². The average Bonchev–Trinajstić information content (AvgIpc) is 2.97. The third-order valence-electron chi connectivity index (χ3n) is 7.08. The summed E-state index contributed by atoms with van der Waals surface area (Å²) >= 11 is 6.66. The summed E-state index contributed by atoms with van der Waals surface area (Å²) in [4.78, 5) is 0. The van der Waals surface area contributed by atoms with Crippen LogP contribution in [0, 0.1) is 18.8 Å². The highest BCUT2D eigenvalue weighted by molar-refractivity contribution is 6.21. The number of hydrogen-bond donors (Lipinski definition) is 3. The van der Waals surface area contributed by atoms with Crippen LogP contribution in [0.4, 0.5) is 0 Å². The first-order valence-electron chi connectivity index (χ1n) is 10.8. The Labute approximate surface area is 178 Å². The SMILES string of the molecule is Cc1cc2c(cc1CO)-c1ccc(CO)cc1CCCC1C(O)CC(Cl)C1CC2.